The fourth-order valence-corrected chi connectivity index (χ4v) is 2.07. The lowest BCUT2D eigenvalue weighted by Crippen LogP contribution is -2.15. The molecule has 0 bridgehead atoms. The van der Waals surface area contributed by atoms with Gasteiger partial charge in [-0.15, -0.1) is 5.10 Å². The normalized spacial score (nSPS) is 14.1. The average Bonchev–Trinajstić information content (AvgIpc) is 2.48. The van der Waals surface area contributed by atoms with E-state index in [9.17, 15) is 5.11 Å². The monoisotopic (exact) mass is 212 g/mol. The van der Waals surface area contributed by atoms with E-state index in [2.05, 4.69) is 36.9 Å². The van der Waals surface area contributed by atoms with E-state index < -0.39 is 6.10 Å². The molecule has 0 saturated carbocycles. The summed E-state index contributed by atoms with van der Waals surface area (Å²) < 4.78 is 3.88. The number of nitrogens with zero attached hydrogens (tertiary/aromatic N) is 2. The highest BCUT2D eigenvalue weighted by molar-refractivity contribution is 7.05. The lowest BCUT2D eigenvalue weighted by molar-refractivity contribution is 0.217. The van der Waals surface area contributed by atoms with Gasteiger partial charge < -0.3 is 5.11 Å². The van der Waals surface area contributed by atoms with Crippen molar-refractivity contribution in [1.29, 1.82) is 0 Å². The number of aliphatic hydroxyl groups excluding tert-OH is 1. The first-order valence-corrected chi connectivity index (χ1v) is 5.27. The lowest BCUT2D eigenvalue weighted by atomic mass is 9.90. The van der Waals surface area contributed by atoms with Crippen LogP contribution in [-0.4, -0.2) is 14.7 Å². The summed E-state index contributed by atoms with van der Waals surface area (Å²) in [6, 6.07) is 0. The molecule has 0 radical (unpaired) electrons. The van der Waals surface area contributed by atoms with E-state index in [0.29, 0.717) is 0 Å². The second kappa shape index (κ2) is 3.79. The van der Waals surface area contributed by atoms with Crippen molar-refractivity contribution in [3.63, 3.8) is 0 Å². The number of rotatable bonds is 2. The maximum Gasteiger partial charge on any atom is 0.112 e. The van der Waals surface area contributed by atoms with Crippen LogP contribution < -0.4 is 0 Å². The molecule has 1 unspecified atom stereocenters. The van der Waals surface area contributed by atoms with Gasteiger partial charge in [0.2, 0.25) is 0 Å². The largest absolute Gasteiger partial charge is 0.383 e. The molecule has 78 valence electrons. The zero-order valence-corrected chi connectivity index (χ0v) is 9.85. The molecule has 4 heteroatoms. The minimum absolute atomic E-state index is 0.0846. The molecule has 0 fully saturated rings. The van der Waals surface area contributed by atoms with Crippen LogP contribution in [0.15, 0.2) is 12.2 Å². The average molecular weight is 212 g/mol. The summed E-state index contributed by atoms with van der Waals surface area (Å²) >= 11 is 1.24. The Labute approximate surface area is 88.6 Å². The van der Waals surface area contributed by atoms with Crippen LogP contribution in [0, 0.1) is 0 Å². The SMILES string of the molecule is C=C(C)C(O)c1snnc1C(C)(C)C. The smallest absolute Gasteiger partial charge is 0.112 e. The molecule has 1 N–H and O–H groups in total. The number of hydrogen-bond acceptors (Lipinski definition) is 4. The van der Waals surface area contributed by atoms with Crippen LogP contribution in [0.1, 0.15) is 44.4 Å². The zero-order chi connectivity index (χ0) is 10.9. The predicted octanol–water partition coefficient (Wildman–Crippen LogP) is 2.45. The van der Waals surface area contributed by atoms with Crippen LogP contribution >= 0.6 is 11.5 Å². The van der Waals surface area contributed by atoms with Crippen molar-refractivity contribution in [1.82, 2.24) is 9.59 Å². The van der Waals surface area contributed by atoms with Crippen molar-refractivity contribution in [2.75, 3.05) is 0 Å². The molecule has 0 amide bonds. The van der Waals surface area contributed by atoms with Crippen molar-refractivity contribution in [3.05, 3.63) is 22.7 Å². The molecule has 0 spiro atoms. The van der Waals surface area contributed by atoms with Crippen LogP contribution in [0.4, 0.5) is 0 Å². The molecule has 3 nitrogen and oxygen atoms in total. The third kappa shape index (κ3) is 2.19. The van der Waals surface area contributed by atoms with E-state index in [4.69, 9.17) is 0 Å². The molecule has 1 aromatic heterocycles. The third-order valence-electron chi connectivity index (χ3n) is 1.94. The second-order valence-corrected chi connectivity index (χ2v) is 5.27. The Morgan fingerprint density at radius 2 is 2.07 bits per heavy atom. The molecule has 0 aliphatic carbocycles. The van der Waals surface area contributed by atoms with Crippen molar-refractivity contribution in [2.45, 2.75) is 39.2 Å². The molecule has 0 aromatic carbocycles. The fourth-order valence-electron chi connectivity index (χ4n) is 1.12. The topological polar surface area (TPSA) is 46.0 Å². The third-order valence-corrected chi connectivity index (χ3v) is 2.72. The highest BCUT2D eigenvalue weighted by Gasteiger charge is 2.26. The van der Waals surface area contributed by atoms with Crippen LogP contribution in [0.2, 0.25) is 0 Å². The number of aromatic nitrogens is 2. The van der Waals surface area contributed by atoms with Gasteiger partial charge in [0, 0.05) is 5.41 Å². The summed E-state index contributed by atoms with van der Waals surface area (Å²) in [6.07, 6.45) is -0.635. The minimum Gasteiger partial charge on any atom is -0.383 e. The molecule has 1 atom stereocenters. The maximum atomic E-state index is 9.86. The van der Waals surface area contributed by atoms with Gasteiger partial charge in [-0.1, -0.05) is 31.8 Å². The van der Waals surface area contributed by atoms with Gasteiger partial charge in [-0.3, -0.25) is 0 Å². The molecule has 1 rings (SSSR count). The first-order chi connectivity index (χ1) is 6.34. The Bertz CT molecular complexity index is 338. The molecular formula is C10H16N2OS. The van der Waals surface area contributed by atoms with Gasteiger partial charge in [-0.05, 0) is 24.0 Å². The summed E-state index contributed by atoms with van der Waals surface area (Å²) in [5, 5.41) is 13.9. The van der Waals surface area contributed by atoms with Gasteiger partial charge in [-0.25, -0.2) is 0 Å². The summed E-state index contributed by atoms with van der Waals surface area (Å²) in [5.74, 6) is 0. The number of hydrogen-bond donors (Lipinski definition) is 1. The highest BCUT2D eigenvalue weighted by Crippen LogP contribution is 2.32. The Balaban J connectivity index is 3.11. The van der Waals surface area contributed by atoms with Gasteiger partial charge >= 0.3 is 0 Å². The minimum atomic E-state index is -0.635. The van der Waals surface area contributed by atoms with E-state index >= 15 is 0 Å². The molecule has 1 heterocycles. The molecule has 0 aliphatic rings. The van der Waals surface area contributed by atoms with Crippen molar-refractivity contribution in [2.24, 2.45) is 0 Å². The highest BCUT2D eigenvalue weighted by atomic mass is 32.1. The van der Waals surface area contributed by atoms with E-state index in [1.807, 2.05) is 0 Å². The van der Waals surface area contributed by atoms with Crippen LogP contribution in [0.5, 0.6) is 0 Å². The molecule has 0 aliphatic heterocycles. The first kappa shape index (κ1) is 11.3. The number of aliphatic hydroxyl groups is 1. The van der Waals surface area contributed by atoms with E-state index in [1.54, 1.807) is 6.92 Å². The molecule has 1 aromatic rings. The van der Waals surface area contributed by atoms with Crippen molar-refractivity contribution >= 4 is 11.5 Å². The summed E-state index contributed by atoms with van der Waals surface area (Å²) in [6.45, 7) is 11.7. The Kier molecular flexibility index (Phi) is 3.07. The predicted molar refractivity (Wildman–Crippen MR) is 58.4 cm³/mol. The van der Waals surface area contributed by atoms with Gasteiger partial charge in [0.1, 0.15) is 6.10 Å². The summed E-state index contributed by atoms with van der Waals surface area (Å²) in [7, 11) is 0. The van der Waals surface area contributed by atoms with Crippen molar-refractivity contribution < 1.29 is 5.11 Å². The Morgan fingerprint density at radius 3 is 2.50 bits per heavy atom. The van der Waals surface area contributed by atoms with E-state index in [-0.39, 0.29) is 5.41 Å². The van der Waals surface area contributed by atoms with Crippen LogP contribution in [-0.2, 0) is 5.41 Å². The molecule has 14 heavy (non-hydrogen) atoms. The summed E-state index contributed by atoms with van der Waals surface area (Å²) in [5.41, 5.74) is 1.50. The Morgan fingerprint density at radius 1 is 1.50 bits per heavy atom. The van der Waals surface area contributed by atoms with E-state index in [1.165, 1.54) is 11.5 Å². The fraction of sp³-hybridized carbons (Fsp3) is 0.600. The van der Waals surface area contributed by atoms with Gasteiger partial charge in [0.15, 0.2) is 0 Å². The van der Waals surface area contributed by atoms with Crippen molar-refractivity contribution in [3.8, 4) is 0 Å². The van der Waals surface area contributed by atoms with Crippen LogP contribution in [0.3, 0.4) is 0 Å². The van der Waals surface area contributed by atoms with Gasteiger partial charge in [-0.2, -0.15) is 0 Å². The second-order valence-electron chi connectivity index (χ2n) is 4.48. The van der Waals surface area contributed by atoms with E-state index in [0.717, 1.165) is 16.1 Å². The first-order valence-electron chi connectivity index (χ1n) is 4.50. The van der Waals surface area contributed by atoms with Crippen LogP contribution in [0.25, 0.3) is 0 Å². The lowest BCUT2D eigenvalue weighted by Gasteiger charge is -2.18. The van der Waals surface area contributed by atoms with Gasteiger partial charge in [0.25, 0.3) is 0 Å². The Hall–Kier alpha value is -0.740. The quantitative estimate of drug-likeness (QED) is 0.766. The summed E-state index contributed by atoms with van der Waals surface area (Å²) in [4.78, 5) is 0.810. The molecule has 0 saturated heterocycles. The maximum absolute atomic E-state index is 9.86. The zero-order valence-electron chi connectivity index (χ0n) is 9.03. The molecular weight excluding hydrogens is 196 g/mol. The van der Waals surface area contributed by atoms with Gasteiger partial charge in [0.05, 0.1) is 10.6 Å². The standard InChI is InChI=1S/C10H16N2OS/c1-6(2)7(13)8-9(10(3,4)5)11-12-14-8/h7,13H,1H2,2-5H3.